The van der Waals surface area contributed by atoms with Gasteiger partial charge in [0, 0.05) is 61.2 Å². The quantitative estimate of drug-likeness (QED) is 0.0784. The normalized spacial score (nSPS) is 30.1. The first-order chi connectivity index (χ1) is 57.5. The number of nitrogens with zero attached hydrogens (tertiary/aromatic N) is 2. The number of benzene rings is 1. The van der Waals surface area contributed by atoms with Crippen molar-refractivity contribution in [1.82, 2.24) is 89.3 Å². The van der Waals surface area contributed by atoms with Crippen LogP contribution in [-0.4, -0.2) is 258 Å². The maximum absolute atomic E-state index is 15.5. The average molecular weight is 1730 g/mol. The first-order valence-electron chi connectivity index (χ1n) is 42.7. The maximum Gasteiger partial charge on any atom is 0.303 e. The Balaban J connectivity index is 1.15. The van der Waals surface area contributed by atoms with Crippen LogP contribution in [-0.2, 0) is 89.8 Å². The summed E-state index contributed by atoms with van der Waals surface area (Å²) < 4.78 is 0. The number of fused-ring (bicyclic) bond motifs is 4. The fraction of sp³-hybridized carbons (Fsp3) is 0.707. The summed E-state index contributed by atoms with van der Waals surface area (Å²) in [6, 6.07) is -11.6. The lowest BCUT2D eigenvalue weighted by Crippen LogP contribution is -2.63. The number of nitrogens with two attached hydrogens (primary N) is 1. The van der Waals surface area contributed by atoms with Gasteiger partial charge in [-0.15, -0.1) is 0 Å². The van der Waals surface area contributed by atoms with Crippen LogP contribution in [0.25, 0.3) is 0 Å². The number of carbonyl (C=O) groups excluding carboxylic acids is 14. The van der Waals surface area contributed by atoms with Gasteiger partial charge in [-0.05, 0) is 163 Å². The molecule has 6 aliphatic rings. The SMILES string of the molecule is CCC[C@H](NC(C)=O)C(=O)N[C@H]1CSCc2cccc(c2)CSC[C@H](C(N)=O)NC(=O)[C@H]([C@@H](C)O)NC(=O)[C@H](C2CCCCC2)NC(=O)[C@H](CC)NC(=O)[C@@H](Cc2cnc[nH]2)NC(=O)[C@H](CCC(=O)O)NC(=O)[C@H](CC2CNC3NCCCC23)NC(=O)[C@H]([C@@H](C)O)NC(=O)[C@@H]2CCCN2C(=O)[C@H](CC2CCC(O)CC2)NC(=O)[C@H](C(C)(C)C)NC1=O. The summed E-state index contributed by atoms with van der Waals surface area (Å²) in [5, 5.41) is 82.7. The van der Waals surface area contributed by atoms with Gasteiger partial charge in [0.1, 0.15) is 78.5 Å². The number of nitrogens with one attached hydrogen (secondary N) is 15. The lowest BCUT2D eigenvalue weighted by molar-refractivity contribution is -0.144. The minimum absolute atomic E-state index is 0.000571. The molecule has 0 radical (unpaired) electrons. The minimum Gasteiger partial charge on any atom is -0.481 e. The molecule has 2 aliphatic carbocycles. The zero-order chi connectivity index (χ0) is 88.4. The van der Waals surface area contributed by atoms with E-state index in [-0.39, 0.29) is 98.4 Å². The molecule has 8 rings (SSSR count). The Bertz CT molecular complexity index is 3900. The molecule has 39 heteroatoms. The highest BCUT2D eigenvalue weighted by Crippen LogP contribution is 2.34. The second kappa shape index (κ2) is 47.0. The number of H-pyrrole nitrogens is 1. The maximum atomic E-state index is 15.5. The van der Waals surface area contributed by atoms with Gasteiger partial charge in [-0.3, -0.25) is 71.9 Å². The largest absolute Gasteiger partial charge is 0.481 e. The van der Waals surface area contributed by atoms with Crippen molar-refractivity contribution in [3.63, 3.8) is 0 Å². The van der Waals surface area contributed by atoms with Crippen LogP contribution < -0.4 is 80.2 Å². The molecule has 3 saturated heterocycles. The number of aromatic amines is 1. The second-order valence-corrected chi connectivity index (χ2v) is 36.3. The van der Waals surface area contributed by atoms with Crippen LogP contribution >= 0.6 is 23.5 Å². The Morgan fingerprint density at radius 3 is 1.88 bits per heavy atom. The van der Waals surface area contributed by atoms with E-state index >= 15 is 24.0 Å². The molecule has 18 atom stereocenters. The summed E-state index contributed by atoms with van der Waals surface area (Å²) in [6.07, 6.45) is 4.30. The summed E-state index contributed by atoms with van der Waals surface area (Å²) >= 11 is 2.50. The zero-order valence-corrected chi connectivity index (χ0v) is 72.2. The number of carboxylic acids is 1. The van der Waals surface area contributed by atoms with E-state index in [1.54, 1.807) is 33.8 Å². The second-order valence-electron chi connectivity index (χ2n) is 34.2. The van der Waals surface area contributed by atoms with Gasteiger partial charge in [0.15, 0.2) is 0 Å². The predicted molar refractivity (Wildman–Crippen MR) is 448 cm³/mol. The van der Waals surface area contributed by atoms with E-state index in [9.17, 15) is 68.4 Å². The van der Waals surface area contributed by atoms with Crippen LogP contribution in [0.3, 0.4) is 0 Å². The van der Waals surface area contributed by atoms with Gasteiger partial charge in [0.2, 0.25) is 82.7 Å². The molecule has 2 bridgehead atoms. The lowest BCUT2D eigenvalue weighted by Gasteiger charge is -2.36. The Morgan fingerprint density at radius 1 is 0.645 bits per heavy atom. The van der Waals surface area contributed by atoms with E-state index in [0.29, 0.717) is 83.0 Å². The van der Waals surface area contributed by atoms with E-state index in [1.807, 2.05) is 25.1 Å². The summed E-state index contributed by atoms with van der Waals surface area (Å²) in [5.41, 5.74) is 6.64. The Hall–Kier alpha value is -9.02. The molecule has 0 spiro atoms. The molecular weight excluding hydrogens is 1610 g/mol. The van der Waals surface area contributed by atoms with Crippen LogP contribution in [0.5, 0.6) is 0 Å². The Morgan fingerprint density at radius 2 is 1.26 bits per heavy atom. The van der Waals surface area contributed by atoms with Crippen molar-refractivity contribution >= 4 is 112 Å². The number of carbonyl (C=O) groups is 15. The number of rotatable bonds is 19. The van der Waals surface area contributed by atoms with Crippen LogP contribution in [0.2, 0.25) is 0 Å². The molecule has 21 N–H and O–H groups in total. The first-order valence-corrected chi connectivity index (χ1v) is 45.0. The number of piperidine rings is 1. The van der Waals surface area contributed by atoms with E-state index < -0.39 is 210 Å². The molecular formula is C82H128N18O19S2. The van der Waals surface area contributed by atoms with Crippen molar-refractivity contribution in [2.45, 2.75) is 305 Å². The molecule has 37 nitrogen and oxygen atoms in total. The summed E-state index contributed by atoms with van der Waals surface area (Å²) in [7, 11) is 0. The molecule has 1 aromatic heterocycles. The van der Waals surface area contributed by atoms with Crippen LogP contribution in [0.1, 0.15) is 201 Å². The topological polar surface area (TPSA) is 563 Å². The van der Waals surface area contributed by atoms with E-state index in [4.69, 9.17) is 5.73 Å². The molecule has 1 aromatic carbocycles. The van der Waals surface area contributed by atoms with Crippen molar-refractivity contribution in [3.8, 4) is 0 Å². The van der Waals surface area contributed by atoms with Gasteiger partial charge in [0.25, 0.3) is 0 Å². The van der Waals surface area contributed by atoms with E-state index in [2.05, 4.69) is 84.4 Å². The van der Waals surface area contributed by atoms with Crippen LogP contribution in [0, 0.1) is 29.1 Å². The summed E-state index contributed by atoms with van der Waals surface area (Å²) in [4.78, 5) is 225. The number of thioether (sulfide) groups is 2. The molecule has 672 valence electrons. The van der Waals surface area contributed by atoms with Crippen molar-refractivity contribution in [2.75, 3.05) is 31.1 Å². The average Bonchev–Trinajstić information content (AvgIpc) is 1.78. The number of aliphatic hydroxyl groups excluding tert-OH is 3. The highest BCUT2D eigenvalue weighted by molar-refractivity contribution is 7.98. The highest BCUT2D eigenvalue weighted by Gasteiger charge is 2.47. The number of hydrogen-bond acceptors (Lipinski definition) is 23. The molecule has 2 saturated carbocycles. The smallest absolute Gasteiger partial charge is 0.303 e. The Kier molecular flexibility index (Phi) is 37.9. The standard InChI is InChI=1S/C82H128N18O19S2/c1-9-17-55(88-45(5)103)71(109)95-61-41-121-39-48-19-14-18-47(32-48)38-120-40-60(68(83)107)94-78(116)65(44(4)102)97-79(117)66(49-20-12-11-13-21-49)98-70(108)54(10-2)89-74(112)58(35-51-37-84-42-87-51)91-72(110)56(28-29-63(105)106)90-73(111)57(34-50-36-86-69-53(50)22-15-30-85-69)92-77(115)64(43(3)101)96-76(114)62-23-16-31-100(62)81(119)59(33-46-24-26-52(104)27-25-46)93-80(118)67(82(6,7)8)99-75(61)113/h14,18-19,32,37,42-44,46,49-50,52-62,64-67,69,85-86,101-102,104H,9-13,15-17,20-31,33-36,38-41H2,1-8H3,(H2,83,107)(H,84,87)(H,88,103)(H,89,112)(H,90,111)(H,91,110)(H,92,115)(H,93,118)(H,94,116)(H,95,109)(H,96,114)(H,97,117)(H,98,108)(H,99,113)(H,105,106)/t43-,44-,46?,50?,52?,53?,54+,55+,56+,57+,58-,59+,60-,61+,62+,64+,65+,66+,67-,69?/m1/s1. The third kappa shape index (κ3) is 29.3. The molecule has 4 aliphatic heterocycles. The van der Waals surface area contributed by atoms with Crippen molar-refractivity contribution in [3.05, 3.63) is 53.6 Å². The fourth-order valence-electron chi connectivity index (χ4n) is 16.8. The van der Waals surface area contributed by atoms with Gasteiger partial charge in [-0.25, -0.2) is 4.98 Å². The van der Waals surface area contributed by atoms with E-state index in [1.165, 1.54) is 61.7 Å². The lowest BCUT2D eigenvalue weighted by atomic mass is 9.82. The number of hydrogen-bond donors (Lipinski definition) is 20. The molecule has 121 heavy (non-hydrogen) atoms. The van der Waals surface area contributed by atoms with Crippen LogP contribution in [0.4, 0.5) is 0 Å². The summed E-state index contributed by atoms with van der Waals surface area (Å²) in [5.74, 6) is -14.1. The number of imidazole rings is 1. The number of aliphatic carboxylic acids is 1. The Labute approximate surface area is 714 Å². The van der Waals surface area contributed by atoms with Crippen LogP contribution in [0.15, 0.2) is 36.8 Å². The highest BCUT2D eigenvalue weighted by atomic mass is 32.2. The van der Waals surface area contributed by atoms with Gasteiger partial charge in [-0.2, -0.15) is 23.5 Å². The first kappa shape index (κ1) is 97.4. The van der Waals surface area contributed by atoms with Gasteiger partial charge >= 0.3 is 5.97 Å². The monoisotopic (exact) mass is 1730 g/mol. The van der Waals surface area contributed by atoms with Crippen molar-refractivity contribution in [2.24, 2.45) is 34.8 Å². The van der Waals surface area contributed by atoms with Crippen molar-refractivity contribution < 1.29 is 92.3 Å². The number of aromatic nitrogens is 2. The fourth-order valence-corrected chi connectivity index (χ4v) is 18.8. The molecule has 5 heterocycles. The third-order valence-electron chi connectivity index (χ3n) is 23.6. The van der Waals surface area contributed by atoms with Gasteiger partial charge in [0.05, 0.1) is 30.8 Å². The number of primary amides is 1. The molecule has 5 fully saturated rings. The van der Waals surface area contributed by atoms with Crippen molar-refractivity contribution in [1.29, 1.82) is 0 Å². The van der Waals surface area contributed by atoms with E-state index in [0.717, 1.165) is 24.0 Å². The number of carboxylic acid groups (broad SMARTS) is 1. The summed E-state index contributed by atoms with van der Waals surface area (Å²) in [6.45, 7) is 13.3. The minimum atomic E-state index is -1.81. The third-order valence-corrected chi connectivity index (χ3v) is 25.8. The number of amides is 14. The predicted octanol–water partition coefficient (Wildman–Crippen LogP) is -1.21. The van der Waals surface area contributed by atoms with Gasteiger partial charge in [-0.1, -0.05) is 84.6 Å². The van der Waals surface area contributed by atoms with Gasteiger partial charge < -0.3 is 110 Å². The number of aliphatic hydroxyl groups is 3. The molecule has 3 unspecified atom stereocenters. The molecule has 2 aromatic rings. The zero-order valence-electron chi connectivity index (χ0n) is 70.6. The molecule has 14 amide bonds.